The molecule has 13 nitrogen and oxygen atoms in total. The van der Waals surface area contributed by atoms with Gasteiger partial charge in [0, 0.05) is 51.9 Å². The van der Waals surface area contributed by atoms with Gasteiger partial charge in [0.1, 0.15) is 22.4 Å². The Kier molecular flexibility index (Phi) is 20.8. The molecule has 1 aromatic carbocycles. The lowest BCUT2D eigenvalue weighted by Crippen LogP contribution is -2.54. The van der Waals surface area contributed by atoms with Gasteiger partial charge >= 0.3 is 23.9 Å². The monoisotopic (exact) mass is 818 g/mol. The first-order chi connectivity index (χ1) is 26.8. The summed E-state index contributed by atoms with van der Waals surface area (Å²) in [5.41, 5.74) is 5.40. The number of nitrogens with zero attached hydrogens (tertiary/aromatic N) is 4. The first-order valence-electron chi connectivity index (χ1n) is 21.4. The number of ether oxygens (including phenoxy) is 4. The summed E-state index contributed by atoms with van der Waals surface area (Å²) in [4.78, 5) is 61.7. The summed E-state index contributed by atoms with van der Waals surface area (Å²) < 4.78 is 23.1. The summed E-state index contributed by atoms with van der Waals surface area (Å²) in [6, 6.07) is 8.45. The largest absolute Gasteiger partial charge is 0.459 e. The van der Waals surface area contributed by atoms with Gasteiger partial charge in [-0.25, -0.2) is 0 Å². The highest BCUT2D eigenvalue weighted by Crippen LogP contribution is 2.18. The highest BCUT2D eigenvalue weighted by atomic mass is 16.6. The number of carbonyl (C=O) groups is 4. The summed E-state index contributed by atoms with van der Waals surface area (Å²) in [5.74, 6) is -1.40. The fourth-order valence-corrected chi connectivity index (χ4v) is 6.76. The highest BCUT2D eigenvalue weighted by molar-refractivity contribution is 5.73. The van der Waals surface area contributed by atoms with Crippen LogP contribution in [0.15, 0.2) is 24.3 Å². The standard InChI is InChI=1S/C45H79N5O8/c1-42(2,3)55-38(51)31-47-23-24-48(32-39(52)56-43(4,5)6)27-28-50(34-41(54)58-45(10,11)12)37(30-49(26-25-47)33-40(53)57-44(7,8)9)29-36-20-18-35(19-21-36)17-15-13-14-16-22-46/h18-21,37H,13-17,22-34,46H2,1-12H3/t37-/m0/s1. The van der Waals surface area contributed by atoms with Gasteiger partial charge in [0.25, 0.3) is 0 Å². The maximum absolute atomic E-state index is 13.6. The van der Waals surface area contributed by atoms with E-state index >= 15 is 0 Å². The maximum atomic E-state index is 13.6. The molecular weight excluding hydrogens is 739 g/mol. The molecule has 2 rings (SSSR count). The zero-order chi connectivity index (χ0) is 43.7. The molecule has 13 heteroatoms. The Bertz CT molecular complexity index is 1410. The molecule has 2 N–H and O–H groups in total. The molecule has 0 bridgehead atoms. The van der Waals surface area contributed by atoms with Gasteiger partial charge < -0.3 is 24.7 Å². The predicted molar refractivity (Wildman–Crippen MR) is 229 cm³/mol. The SMILES string of the molecule is CC(C)(C)OC(=O)CN1CCN(CC(=O)OC(C)(C)C)CCN(CC(=O)OC(C)(C)C)[C@@H](Cc2ccc(CCCCCCN)cc2)CN(CC(=O)OC(C)(C)C)CC1. The van der Waals surface area contributed by atoms with E-state index in [9.17, 15) is 19.2 Å². The lowest BCUT2D eigenvalue weighted by atomic mass is 10.00. The van der Waals surface area contributed by atoms with Crippen LogP contribution in [-0.2, 0) is 51.0 Å². The minimum atomic E-state index is -0.678. The van der Waals surface area contributed by atoms with Crippen LogP contribution < -0.4 is 5.73 Å². The second kappa shape index (κ2) is 23.6. The molecule has 0 radical (unpaired) electrons. The van der Waals surface area contributed by atoms with Gasteiger partial charge in [-0.3, -0.25) is 38.8 Å². The molecule has 1 fully saturated rings. The first-order valence-corrected chi connectivity index (χ1v) is 21.4. The number of benzene rings is 1. The molecule has 0 aliphatic carbocycles. The fraction of sp³-hybridized carbons (Fsp3) is 0.778. The highest BCUT2D eigenvalue weighted by Gasteiger charge is 2.31. The quantitative estimate of drug-likeness (QED) is 0.132. The van der Waals surface area contributed by atoms with Gasteiger partial charge in [-0.2, -0.15) is 0 Å². The third-order valence-electron chi connectivity index (χ3n) is 9.14. The normalized spacial score (nSPS) is 17.8. The molecule has 1 heterocycles. The molecule has 58 heavy (non-hydrogen) atoms. The summed E-state index contributed by atoms with van der Waals surface area (Å²) in [5, 5.41) is 0. The average Bonchev–Trinajstić information content (AvgIpc) is 3.03. The Morgan fingerprint density at radius 3 is 1.31 bits per heavy atom. The van der Waals surface area contributed by atoms with E-state index in [0.29, 0.717) is 52.2 Å². The molecule has 1 saturated heterocycles. The second-order valence-corrected chi connectivity index (χ2v) is 19.7. The molecule has 1 atom stereocenters. The average molecular weight is 818 g/mol. The second-order valence-electron chi connectivity index (χ2n) is 19.7. The minimum absolute atomic E-state index is 0.0220. The van der Waals surface area contributed by atoms with Crippen molar-refractivity contribution in [3.8, 4) is 0 Å². The number of hydrogen-bond acceptors (Lipinski definition) is 13. The van der Waals surface area contributed by atoms with Crippen molar-refractivity contribution >= 4 is 23.9 Å². The van der Waals surface area contributed by atoms with Gasteiger partial charge in [-0.1, -0.05) is 37.1 Å². The van der Waals surface area contributed by atoms with Crippen molar-refractivity contribution in [2.75, 3.05) is 78.5 Å². The van der Waals surface area contributed by atoms with Crippen molar-refractivity contribution < 1.29 is 38.1 Å². The van der Waals surface area contributed by atoms with E-state index in [4.69, 9.17) is 24.7 Å². The van der Waals surface area contributed by atoms with Gasteiger partial charge in [-0.15, -0.1) is 0 Å². The number of carbonyl (C=O) groups excluding carboxylic acids is 4. The molecule has 0 aromatic heterocycles. The summed E-state index contributed by atoms with van der Waals surface area (Å²) in [6.07, 6.45) is 6.03. The van der Waals surface area contributed by atoms with Crippen LogP contribution >= 0.6 is 0 Å². The van der Waals surface area contributed by atoms with Gasteiger partial charge in [-0.05, 0) is 126 Å². The molecule has 0 saturated carbocycles. The summed E-state index contributed by atoms with van der Waals surface area (Å²) in [6.45, 7) is 26.1. The zero-order valence-corrected chi connectivity index (χ0v) is 38.2. The van der Waals surface area contributed by atoms with E-state index in [0.717, 1.165) is 44.2 Å². The topological polar surface area (TPSA) is 144 Å². The molecule has 1 aliphatic heterocycles. The first kappa shape index (κ1) is 51.0. The van der Waals surface area contributed by atoms with Crippen molar-refractivity contribution in [2.24, 2.45) is 5.73 Å². The smallest absolute Gasteiger partial charge is 0.320 e. The van der Waals surface area contributed by atoms with Crippen LogP contribution in [-0.4, -0.2) is 150 Å². The third-order valence-corrected chi connectivity index (χ3v) is 9.14. The van der Waals surface area contributed by atoms with Crippen LogP contribution in [0.2, 0.25) is 0 Å². The van der Waals surface area contributed by atoms with E-state index in [1.165, 1.54) is 5.56 Å². The molecule has 0 spiro atoms. The minimum Gasteiger partial charge on any atom is -0.459 e. The Morgan fingerprint density at radius 2 is 0.879 bits per heavy atom. The molecule has 0 unspecified atom stereocenters. The molecule has 1 aromatic rings. The van der Waals surface area contributed by atoms with E-state index < -0.39 is 22.4 Å². The summed E-state index contributed by atoms with van der Waals surface area (Å²) in [7, 11) is 0. The van der Waals surface area contributed by atoms with Crippen LogP contribution in [0.25, 0.3) is 0 Å². The fourth-order valence-electron chi connectivity index (χ4n) is 6.76. The van der Waals surface area contributed by atoms with Gasteiger partial charge in [0.15, 0.2) is 0 Å². The van der Waals surface area contributed by atoms with Gasteiger partial charge in [0.2, 0.25) is 0 Å². The number of unbranched alkanes of at least 4 members (excludes halogenated alkanes) is 3. The van der Waals surface area contributed by atoms with Crippen molar-refractivity contribution in [3.05, 3.63) is 35.4 Å². The summed E-state index contributed by atoms with van der Waals surface area (Å²) >= 11 is 0. The van der Waals surface area contributed by atoms with Crippen LogP contribution in [0.3, 0.4) is 0 Å². The van der Waals surface area contributed by atoms with Crippen molar-refractivity contribution in [2.45, 2.75) is 150 Å². The van der Waals surface area contributed by atoms with E-state index in [1.54, 1.807) is 0 Å². The van der Waals surface area contributed by atoms with Crippen LogP contribution in [0.1, 0.15) is 120 Å². The number of esters is 4. The number of hydrogen-bond donors (Lipinski definition) is 1. The van der Waals surface area contributed by atoms with Crippen molar-refractivity contribution in [1.29, 1.82) is 0 Å². The Hall–Kier alpha value is -3.10. The van der Waals surface area contributed by atoms with Crippen LogP contribution in [0.5, 0.6) is 0 Å². The van der Waals surface area contributed by atoms with E-state index in [2.05, 4.69) is 34.1 Å². The molecular formula is C45H79N5O8. The van der Waals surface area contributed by atoms with Crippen molar-refractivity contribution in [3.63, 3.8) is 0 Å². The molecule has 0 amide bonds. The number of rotatable bonds is 16. The zero-order valence-electron chi connectivity index (χ0n) is 38.2. The van der Waals surface area contributed by atoms with Crippen LogP contribution in [0, 0.1) is 0 Å². The third kappa shape index (κ3) is 24.1. The van der Waals surface area contributed by atoms with E-state index in [1.807, 2.05) is 92.9 Å². The molecule has 332 valence electrons. The predicted octanol–water partition coefficient (Wildman–Crippen LogP) is 5.25. The van der Waals surface area contributed by atoms with Gasteiger partial charge in [0.05, 0.1) is 26.2 Å². The lowest BCUT2D eigenvalue weighted by molar-refractivity contribution is -0.160. The maximum Gasteiger partial charge on any atom is 0.320 e. The van der Waals surface area contributed by atoms with E-state index in [-0.39, 0.29) is 56.1 Å². The number of aryl methyl sites for hydroxylation is 1. The van der Waals surface area contributed by atoms with Crippen molar-refractivity contribution in [1.82, 2.24) is 19.6 Å². The Labute approximate surface area is 350 Å². The molecule has 1 aliphatic rings. The number of nitrogens with two attached hydrogens (primary N) is 1. The lowest BCUT2D eigenvalue weighted by Gasteiger charge is -2.39. The van der Waals surface area contributed by atoms with Crippen LogP contribution in [0.4, 0.5) is 0 Å². The Morgan fingerprint density at radius 1 is 0.517 bits per heavy atom. The Balaban J connectivity index is 2.59.